The van der Waals surface area contributed by atoms with Crippen LogP contribution in [0.25, 0.3) is 0 Å². The molecule has 6 heteroatoms. The van der Waals surface area contributed by atoms with E-state index in [4.69, 9.17) is 14.2 Å². The molecule has 104 valence electrons. The normalized spacial score (nSPS) is 25.0. The predicted octanol–water partition coefficient (Wildman–Crippen LogP) is 1.97. The van der Waals surface area contributed by atoms with Crippen molar-refractivity contribution in [3.05, 3.63) is 48.0 Å². The molecule has 3 aliphatic rings. The summed E-state index contributed by atoms with van der Waals surface area (Å²) in [6, 6.07) is 0. The fraction of sp³-hybridized carbons (Fsp3) is 0.286. The van der Waals surface area contributed by atoms with E-state index >= 15 is 0 Å². The van der Waals surface area contributed by atoms with Gasteiger partial charge in [0.15, 0.2) is 24.4 Å². The number of ether oxygens (including phenoxy) is 3. The van der Waals surface area contributed by atoms with Crippen LogP contribution >= 0.6 is 0 Å². The van der Waals surface area contributed by atoms with Crippen LogP contribution in [0.3, 0.4) is 0 Å². The number of carbonyl (C=O) groups is 2. The van der Waals surface area contributed by atoms with Gasteiger partial charge < -0.3 is 14.2 Å². The van der Waals surface area contributed by atoms with Gasteiger partial charge in [-0.15, -0.1) is 0 Å². The van der Waals surface area contributed by atoms with Crippen LogP contribution in [0.1, 0.15) is 12.8 Å². The van der Waals surface area contributed by atoms with Crippen molar-refractivity contribution in [1.29, 1.82) is 0 Å². The smallest absolute Gasteiger partial charge is 0.417 e. The third-order valence-corrected chi connectivity index (χ3v) is 3.14. The van der Waals surface area contributed by atoms with E-state index in [1.54, 1.807) is 0 Å². The Morgan fingerprint density at radius 2 is 2.25 bits per heavy atom. The number of amides is 1. The first-order valence-corrected chi connectivity index (χ1v) is 6.31. The lowest BCUT2D eigenvalue weighted by Crippen LogP contribution is -2.27. The molecule has 0 aromatic carbocycles. The molecule has 1 saturated heterocycles. The Hall–Kier alpha value is -2.50. The van der Waals surface area contributed by atoms with Crippen LogP contribution in [0.15, 0.2) is 48.0 Å². The summed E-state index contributed by atoms with van der Waals surface area (Å²) in [5.74, 6) is 0.793. The Bertz CT molecular complexity index is 558. The van der Waals surface area contributed by atoms with E-state index in [-0.39, 0.29) is 12.4 Å². The average Bonchev–Trinajstić information content (AvgIpc) is 2.89. The van der Waals surface area contributed by atoms with Gasteiger partial charge in [0.25, 0.3) is 0 Å². The van der Waals surface area contributed by atoms with E-state index in [1.165, 1.54) is 17.4 Å². The number of hydrogen-bond donors (Lipinski definition) is 0. The molecular weight excluding hydrogens is 262 g/mol. The van der Waals surface area contributed by atoms with Gasteiger partial charge in [0.05, 0.1) is 6.54 Å². The van der Waals surface area contributed by atoms with Gasteiger partial charge in [-0.25, -0.2) is 9.69 Å². The molecule has 2 aliphatic heterocycles. The highest BCUT2D eigenvalue weighted by atomic mass is 16.6. The van der Waals surface area contributed by atoms with Crippen LogP contribution < -0.4 is 0 Å². The third-order valence-electron chi connectivity index (χ3n) is 3.14. The monoisotopic (exact) mass is 275 g/mol. The Balaban J connectivity index is 1.72. The molecule has 0 N–H and O–H groups in total. The van der Waals surface area contributed by atoms with Crippen molar-refractivity contribution < 1.29 is 23.8 Å². The van der Waals surface area contributed by atoms with Gasteiger partial charge in [-0.1, -0.05) is 18.2 Å². The Kier molecular flexibility index (Phi) is 3.28. The van der Waals surface area contributed by atoms with Crippen molar-refractivity contribution in [1.82, 2.24) is 4.90 Å². The summed E-state index contributed by atoms with van der Waals surface area (Å²) >= 11 is 0. The lowest BCUT2D eigenvalue weighted by atomic mass is 10.0. The second-order valence-electron chi connectivity index (χ2n) is 4.50. The lowest BCUT2D eigenvalue weighted by molar-refractivity contribution is -0.113. The van der Waals surface area contributed by atoms with Gasteiger partial charge >= 0.3 is 6.09 Å². The molecule has 1 amide bonds. The average molecular weight is 275 g/mol. The van der Waals surface area contributed by atoms with Crippen LogP contribution in [0, 0.1) is 0 Å². The molecule has 0 unspecified atom stereocenters. The molecule has 0 saturated carbocycles. The second-order valence-corrected chi connectivity index (χ2v) is 4.50. The molecule has 1 fully saturated rings. The Morgan fingerprint density at radius 3 is 2.95 bits per heavy atom. The molecule has 0 aromatic heterocycles. The zero-order chi connectivity index (χ0) is 13.9. The van der Waals surface area contributed by atoms with E-state index in [0.29, 0.717) is 12.0 Å². The number of hydrogen-bond acceptors (Lipinski definition) is 5. The van der Waals surface area contributed by atoms with Crippen LogP contribution in [-0.2, 0) is 19.0 Å². The van der Waals surface area contributed by atoms with E-state index in [9.17, 15) is 9.59 Å². The Morgan fingerprint density at radius 1 is 1.35 bits per heavy atom. The zero-order valence-electron chi connectivity index (χ0n) is 10.7. The summed E-state index contributed by atoms with van der Waals surface area (Å²) in [4.78, 5) is 23.6. The van der Waals surface area contributed by atoms with Gasteiger partial charge in [-0.2, -0.15) is 0 Å². The third kappa shape index (κ3) is 2.32. The van der Waals surface area contributed by atoms with E-state index in [2.05, 4.69) is 6.08 Å². The first-order chi connectivity index (χ1) is 9.78. The number of allylic oxidation sites excluding steroid dienone is 4. The fourth-order valence-corrected chi connectivity index (χ4v) is 2.12. The van der Waals surface area contributed by atoms with Gasteiger partial charge in [0.1, 0.15) is 6.26 Å². The number of carbonyl (C=O) groups excluding carboxylic acids is 2. The van der Waals surface area contributed by atoms with Crippen molar-refractivity contribution in [2.45, 2.75) is 18.9 Å². The highest BCUT2D eigenvalue weighted by Gasteiger charge is 2.36. The molecular formula is C14H13NO5. The van der Waals surface area contributed by atoms with Crippen molar-refractivity contribution in [3.63, 3.8) is 0 Å². The summed E-state index contributed by atoms with van der Waals surface area (Å²) in [6.45, 7) is 0.129. The predicted molar refractivity (Wildman–Crippen MR) is 67.8 cm³/mol. The van der Waals surface area contributed by atoms with E-state index < -0.39 is 12.2 Å². The first kappa shape index (κ1) is 12.5. The minimum absolute atomic E-state index is 0.129. The maximum atomic E-state index is 11.6. The molecule has 0 spiro atoms. The quantitative estimate of drug-likeness (QED) is 0.737. The maximum Gasteiger partial charge on any atom is 0.417 e. The van der Waals surface area contributed by atoms with Crippen LogP contribution in [-0.4, -0.2) is 29.9 Å². The number of aldehydes is 1. The molecule has 6 nitrogen and oxygen atoms in total. The Labute approximate surface area is 115 Å². The number of rotatable bonds is 3. The molecule has 3 rings (SSSR count). The van der Waals surface area contributed by atoms with Gasteiger partial charge in [-0.05, 0) is 18.4 Å². The molecule has 0 bridgehead atoms. The standard InChI is InChI=1S/C14H13NO5/c16-7-11-6-15(14(17)19-11)13-9-18-8-12(20-13)10-4-2-1-3-5-10/h1-2,4,7-9,11H,3,5-6H2/t11-/m0/s1. The highest BCUT2D eigenvalue weighted by Crippen LogP contribution is 2.29. The summed E-state index contributed by atoms with van der Waals surface area (Å²) in [5.41, 5.74) is 0.998. The summed E-state index contributed by atoms with van der Waals surface area (Å²) in [5, 5.41) is 0. The number of cyclic esters (lactones) is 1. The van der Waals surface area contributed by atoms with Crippen LogP contribution in [0.4, 0.5) is 4.79 Å². The van der Waals surface area contributed by atoms with E-state index in [0.717, 1.165) is 18.4 Å². The largest absolute Gasteiger partial charge is 0.463 e. The van der Waals surface area contributed by atoms with Gasteiger partial charge in [0, 0.05) is 0 Å². The second kappa shape index (κ2) is 5.24. The molecule has 1 atom stereocenters. The zero-order valence-corrected chi connectivity index (χ0v) is 10.7. The first-order valence-electron chi connectivity index (χ1n) is 6.31. The van der Waals surface area contributed by atoms with E-state index in [1.807, 2.05) is 12.2 Å². The minimum Gasteiger partial charge on any atom is -0.463 e. The van der Waals surface area contributed by atoms with Gasteiger partial charge in [-0.3, -0.25) is 4.79 Å². The minimum atomic E-state index is -0.766. The van der Waals surface area contributed by atoms with Crippen molar-refractivity contribution >= 4 is 12.4 Å². The van der Waals surface area contributed by atoms with Crippen molar-refractivity contribution in [2.75, 3.05) is 6.54 Å². The van der Waals surface area contributed by atoms with Crippen molar-refractivity contribution in [2.24, 2.45) is 0 Å². The van der Waals surface area contributed by atoms with Crippen molar-refractivity contribution in [3.8, 4) is 0 Å². The maximum absolute atomic E-state index is 11.6. The molecule has 0 aromatic rings. The fourth-order valence-electron chi connectivity index (χ4n) is 2.12. The lowest BCUT2D eigenvalue weighted by Gasteiger charge is -2.23. The van der Waals surface area contributed by atoms with Gasteiger partial charge in [0.2, 0.25) is 5.88 Å². The molecule has 2 heterocycles. The summed E-state index contributed by atoms with van der Waals surface area (Å²) in [6.07, 6.45) is 9.76. The number of nitrogens with zero attached hydrogens (tertiary/aromatic N) is 1. The highest BCUT2D eigenvalue weighted by molar-refractivity contribution is 5.76. The molecule has 0 radical (unpaired) electrons. The van der Waals surface area contributed by atoms with Crippen LogP contribution in [0.5, 0.6) is 0 Å². The van der Waals surface area contributed by atoms with Crippen LogP contribution in [0.2, 0.25) is 0 Å². The summed E-state index contributed by atoms with van der Waals surface area (Å²) in [7, 11) is 0. The summed E-state index contributed by atoms with van der Waals surface area (Å²) < 4.78 is 15.8. The molecule has 20 heavy (non-hydrogen) atoms. The SMILES string of the molecule is O=C[C@@H]1CN(C2=COC=C(C3=CC=CCC3)O2)C(=O)O1. The molecule has 1 aliphatic carbocycles. The topological polar surface area (TPSA) is 65.1 Å².